The Morgan fingerprint density at radius 2 is 0.759 bits per heavy atom. The largest absolute Gasteiger partial charge is 0.493 e. The van der Waals surface area contributed by atoms with Crippen molar-refractivity contribution in [3.8, 4) is 0 Å². The van der Waals surface area contributed by atoms with E-state index in [1.165, 1.54) is 19.3 Å². The average Bonchev–Trinajstić information content (AvgIpc) is 4.12. The van der Waals surface area contributed by atoms with Gasteiger partial charge in [0.15, 0.2) is 0 Å². The second-order valence-electron chi connectivity index (χ2n) is 18.4. The van der Waals surface area contributed by atoms with E-state index in [2.05, 4.69) is 6.55 Å². The minimum atomic E-state index is -3.49. The average molecular weight is 831 g/mol. The first-order valence-corrected chi connectivity index (χ1v) is 29.9. The number of hydrogen-bond acceptors (Lipinski definition) is 12. The molecular weight excluding hydrogens is 761 g/mol. The molecule has 54 heavy (non-hydrogen) atoms. The standard InChI is InChI=1S/C38H70O12Si4/c1-39-52(40-2,16-12-27-7-9-35-37(23-27)46-35)48-51(6,15-11-29-19-31-25-32(20-29)44-31)49-54(43-5,18-13-28-8-10-36-38(24-28)47-36)50-53(41-3,42-4)17-14-30-21-33-26-34(22-30)45-33/h27-38H,7-26H2,1-6H3. The van der Waals surface area contributed by atoms with Crippen LogP contribution in [0.2, 0.25) is 30.7 Å². The van der Waals surface area contributed by atoms with Gasteiger partial charge in [-0.1, -0.05) is 0 Å². The van der Waals surface area contributed by atoms with E-state index < -0.39 is 35.0 Å². The molecule has 4 aliphatic carbocycles. The van der Waals surface area contributed by atoms with Gasteiger partial charge in [-0.15, -0.1) is 0 Å². The minimum absolute atomic E-state index is 0.401. The number of rotatable bonds is 23. The SMILES string of the molecule is CO[Si](CCC1CCC2OC2C1)(OC)O[Si](C)(CCC1CC2CC(C1)O2)O[Si](CCC1CCC2OC2C1)(OC)O[Si](CCC1CC2CC(C1)O2)(OC)OC. The molecule has 10 fully saturated rings. The molecule has 6 saturated heterocycles. The van der Waals surface area contributed by atoms with Crippen LogP contribution in [-0.2, 0) is 53.4 Å². The van der Waals surface area contributed by atoms with Crippen LogP contribution in [0.4, 0.5) is 0 Å². The van der Waals surface area contributed by atoms with E-state index in [1.807, 2.05) is 0 Å². The van der Waals surface area contributed by atoms with Crippen LogP contribution >= 0.6 is 0 Å². The fourth-order valence-corrected chi connectivity index (χ4v) is 28.4. The molecule has 6 heterocycles. The van der Waals surface area contributed by atoms with Crippen molar-refractivity contribution in [2.45, 2.75) is 182 Å². The van der Waals surface area contributed by atoms with Crippen molar-refractivity contribution in [2.24, 2.45) is 23.7 Å². The summed E-state index contributed by atoms with van der Waals surface area (Å²) < 4.78 is 78.4. The van der Waals surface area contributed by atoms with Crippen molar-refractivity contribution in [3.63, 3.8) is 0 Å². The Hall–Kier alpha value is 0.388. The molecule has 4 saturated carbocycles. The van der Waals surface area contributed by atoms with E-state index in [-0.39, 0.29) is 0 Å². The lowest BCUT2D eigenvalue weighted by molar-refractivity contribution is -0.173. The zero-order chi connectivity index (χ0) is 37.6. The maximum Gasteiger partial charge on any atom is 0.493 e. The lowest BCUT2D eigenvalue weighted by atomic mass is 9.79. The summed E-state index contributed by atoms with van der Waals surface area (Å²) in [5.41, 5.74) is 0. The van der Waals surface area contributed by atoms with Crippen LogP contribution in [-0.4, -0.2) is 119 Å². The second-order valence-corrected chi connectivity index (χ2v) is 31.2. The Balaban J connectivity index is 1.03. The van der Waals surface area contributed by atoms with Gasteiger partial charge in [0.05, 0.1) is 48.8 Å². The summed E-state index contributed by atoms with van der Waals surface area (Å²) in [6.45, 7) is 2.22. The van der Waals surface area contributed by atoms with Crippen molar-refractivity contribution in [2.75, 3.05) is 35.5 Å². The van der Waals surface area contributed by atoms with Crippen molar-refractivity contribution in [1.82, 2.24) is 0 Å². The molecular formula is C38H70O12Si4. The summed E-state index contributed by atoms with van der Waals surface area (Å²) >= 11 is 0. The summed E-state index contributed by atoms with van der Waals surface area (Å²) in [6.07, 6.45) is 21.0. The van der Waals surface area contributed by atoms with Crippen LogP contribution in [0.15, 0.2) is 0 Å². The number of ether oxygens (including phenoxy) is 4. The highest BCUT2D eigenvalue weighted by Gasteiger charge is 2.59. The topological polar surface area (TPSA) is 117 Å². The number of hydrogen-bond donors (Lipinski definition) is 0. The van der Waals surface area contributed by atoms with E-state index in [0.29, 0.717) is 78.5 Å². The first kappa shape index (κ1) is 41.1. The van der Waals surface area contributed by atoms with Crippen molar-refractivity contribution >= 4 is 35.0 Å². The first-order valence-electron chi connectivity index (χ1n) is 21.6. The molecule has 0 amide bonds. The molecule has 0 radical (unpaired) electrons. The predicted octanol–water partition coefficient (Wildman–Crippen LogP) is 6.99. The molecule has 12 unspecified atom stereocenters. The third-order valence-electron chi connectivity index (χ3n) is 14.6. The van der Waals surface area contributed by atoms with Crippen molar-refractivity contribution < 1.29 is 53.4 Å². The Morgan fingerprint density at radius 1 is 0.389 bits per heavy atom. The van der Waals surface area contributed by atoms with Crippen LogP contribution in [0.25, 0.3) is 0 Å². The highest BCUT2D eigenvalue weighted by Crippen LogP contribution is 2.47. The zero-order valence-corrected chi connectivity index (χ0v) is 38.0. The molecule has 0 spiro atoms. The normalized spacial score (nSPS) is 40.3. The van der Waals surface area contributed by atoms with E-state index in [4.69, 9.17) is 53.4 Å². The maximum absolute atomic E-state index is 7.64. The van der Waals surface area contributed by atoms with E-state index >= 15 is 0 Å². The third kappa shape index (κ3) is 9.71. The van der Waals surface area contributed by atoms with Crippen molar-refractivity contribution in [3.05, 3.63) is 0 Å². The van der Waals surface area contributed by atoms with Gasteiger partial charge in [0.2, 0.25) is 0 Å². The summed E-state index contributed by atoms with van der Waals surface area (Å²) in [6, 6.07) is 2.96. The fourth-order valence-electron chi connectivity index (χ4n) is 11.1. The molecule has 0 aromatic carbocycles. The Bertz CT molecular complexity index is 1220. The van der Waals surface area contributed by atoms with Gasteiger partial charge in [-0.2, -0.15) is 0 Å². The lowest BCUT2D eigenvalue weighted by Gasteiger charge is -2.47. The number of fused-ring (bicyclic) bond motifs is 6. The minimum Gasteiger partial charge on any atom is -0.394 e. The number of epoxide rings is 2. The van der Waals surface area contributed by atoms with Crippen LogP contribution in [0.1, 0.15) is 103 Å². The van der Waals surface area contributed by atoms with Crippen LogP contribution in [0.5, 0.6) is 0 Å². The third-order valence-corrected chi connectivity index (χ3v) is 30.1. The quantitative estimate of drug-likeness (QED) is 0.0781. The van der Waals surface area contributed by atoms with Crippen LogP contribution in [0.3, 0.4) is 0 Å². The second kappa shape index (κ2) is 17.2. The zero-order valence-electron chi connectivity index (χ0n) is 34.0. The highest BCUT2D eigenvalue weighted by molar-refractivity contribution is 6.85. The summed E-state index contributed by atoms with van der Waals surface area (Å²) in [7, 11) is -4.18. The Labute approximate surface area is 328 Å². The molecule has 0 aromatic rings. The van der Waals surface area contributed by atoms with E-state index in [0.717, 1.165) is 102 Å². The van der Waals surface area contributed by atoms with Gasteiger partial charge in [0, 0.05) is 53.7 Å². The van der Waals surface area contributed by atoms with E-state index in [1.54, 1.807) is 35.5 Å². The lowest BCUT2D eigenvalue weighted by Crippen LogP contribution is -2.65. The van der Waals surface area contributed by atoms with Gasteiger partial charge < -0.3 is 53.4 Å². The molecule has 10 rings (SSSR count). The monoisotopic (exact) mass is 830 g/mol. The Kier molecular flexibility index (Phi) is 13.1. The molecule has 4 bridgehead atoms. The molecule has 0 N–H and O–H groups in total. The van der Waals surface area contributed by atoms with Crippen molar-refractivity contribution in [1.29, 1.82) is 0 Å². The van der Waals surface area contributed by atoms with Gasteiger partial charge in [0.1, 0.15) is 0 Å². The summed E-state index contributed by atoms with van der Waals surface area (Å²) in [4.78, 5) is 0. The summed E-state index contributed by atoms with van der Waals surface area (Å²) in [5, 5.41) is 0. The molecule has 10 aliphatic rings. The van der Waals surface area contributed by atoms with Gasteiger partial charge in [0.25, 0.3) is 0 Å². The predicted molar refractivity (Wildman–Crippen MR) is 209 cm³/mol. The highest BCUT2D eigenvalue weighted by atomic mass is 28.5. The fraction of sp³-hybridized carbons (Fsp3) is 1.00. The van der Waals surface area contributed by atoms with Crippen LogP contribution < -0.4 is 0 Å². The van der Waals surface area contributed by atoms with Gasteiger partial charge in [-0.25, -0.2) is 0 Å². The smallest absolute Gasteiger partial charge is 0.394 e. The first-order chi connectivity index (χ1) is 26.1. The van der Waals surface area contributed by atoms with E-state index in [9.17, 15) is 0 Å². The summed E-state index contributed by atoms with van der Waals surface area (Å²) in [5.74, 6) is 2.30. The van der Waals surface area contributed by atoms with Gasteiger partial charge >= 0.3 is 35.0 Å². The van der Waals surface area contributed by atoms with Gasteiger partial charge in [-0.3, -0.25) is 0 Å². The molecule has 16 heteroatoms. The molecule has 310 valence electrons. The Morgan fingerprint density at radius 3 is 1.19 bits per heavy atom. The molecule has 12 atom stereocenters. The molecule has 12 nitrogen and oxygen atoms in total. The molecule has 6 aliphatic heterocycles. The van der Waals surface area contributed by atoms with Crippen LogP contribution in [0, 0.1) is 23.7 Å². The molecule has 0 aromatic heterocycles. The maximum atomic E-state index is 7.64. The van der Waals surface area contributed by atoms with Gasteiger partial charge in [-0.05, 0) is 139 Å².